The minimum Gasteiger partial charge on any atom is -0.550 e. The fourth-order valence-electron chi connectivity index (χ4n) is 1.95. The van der Waals surface area contributed by atoms with Gasteiger partial charge in [0.2, 0.25) is 10.0 Å². The number of sulfonamides is 1. The molecule has 0 unspecified atom stereocenters. The maximum atomic E-state index is 12.4. The van der Waals surface area contributed by atoms with Gasteiger partial charge in [0.25, 0.3) is 0 Å². The summed E-state index contributed by atoms with van der Waals surface area (Å²) in [5.74, 6) is -1.33. The Morgan fingerprint density at radius 3 is 2.23 bits per heavy atom. The second kappa shape index (κ2) is 7.04. The van der Waals surface area contributed by atoms with E-state index in [0.29, 0.717) is 5.56 Å². The minimum atomic E-state index is -3.83. The lowest BCUT2D eigenvalue weighted by atomic mass is 10.1. The maximum Gasteiger partial charge on any atom is 0.241 e. The van der Waals surface area contributed by atoms with Crippen molar-refractivity contribution in [2.45, 2.75) is 17.4 Å². The molecular formula is C15H13BrNO4S-. The van der Waals surface area contributed by atoms with Crippen molar-refractivity contribution >= 4 is 31.9 Å². The van der Waals surface area contributed by atoms with Crippen LogP contribution in [0.5, 0.6) is 0 Å². The van der Waals surface area contributed by atoms with Gasteiger partial charge in [-0.3, -0.25) is 0 Å². The highest BCUT2D eigenvalue weighted by atomic mass is 79.9. The van der Waals surface area contributed by atoms with E-state index in [4.69, 9.17) is 0 Å². The molecular weight excluding hydrogens is 370 g/mol. The van der Waals surface area contributed by atoms with Crippen molar-refractivity contribution in [2.75, 3.05) is 0 Å². The highest BCUT2D eigenvalue weighted by Gasteiger charge is 2.21. The van der Waals surface area contributed by atoms with Crippen molar-refractivity contribution in [2.24, 2.45) is 0 Å². The third-order valence-corrected chi connectivity index (χ3v) is 5.01. The standard InChI is InChI=1S/C15H14BrNO4S/c16-12-6-8-13(9-7-12)22(20,21)17-14(10-15(18)19)11-4-2-1-3-5-11/h1-9,14,17H,10H2,(H,18,19)/p-1/t14-/m0/s1. The lowest BCUT2D eigenvalue weighted by molar-refractivity contribution is -0.306. The van der Waals surface area contributed by atoms with Crippen molar-refractivity contribution in [1.29, 1.82) is 0 Å². The molecule has 0 aromatic heterocycles. The number of hydrogen-bond acceptors (Lipinski definition) is 4. The number of rotatable bonds is 6. The van der Waals surface area contributed by atoms with Gasteiger partial charge in [-0.05, 0) is 29.8 Å². The summed E-state index contributed by atoms with van der Waals surface area (Å²) in [6.45, 7) is 0. The summed E-state index contributed by atoms with van der Waals surface area (Å²) < 4.78 is 27.9. The summed E-state index contributed by atoms with van der Waals surface area (Å²) in [6.07, 6.45) is -0.445. The predicted molar refractivity (Wildman–Crippen MR) is 83.3 cm³/mol. The first-order valence-corrected chi connectivity index (χ1v) is 8.69. The number of benzene rings is 2. The van der Waals surface area contributed by atoms with E-state index in [1.54, 1.807) is 42.5 Å². The molecule has 0 saturated carbocycles. The monoisotopic (exact) mass is 382 g/mol. The SMILES string of the molecule is O=C([O-])C[C@H](NS(=O)(=O)c1ccc(Br)cc1)c1ccccc1. The lowest BCUT2D eigenvalue weighted by Gasteiger charge is -2.19. The number of hydrogen-bond donors (Lipinski definition) is 1. The Morgan fingerprint density at radius 2 is 1.68 bits per heavy atom. The van der Waals surface area contributed by atoms with Gasteiger partial charge < -0.3 is 9.90 Å². The Bertz CT molecular complexity index is 745. The quantitative estimate of drug-likeness (QED) is 0.821. The molecule has 2 aromatic rings. The number of carboxylic acid groups (broad SMARTS) is 1. The Kier molecular flexibility index (Phi) is 5.33. The van der Waals surface area contributed by atoms with E-state index in [9.17, 15) is 18.3 Å². The highest BCUT2D eigenvalue weighted by Crippen LogP contribution is 2.21. The average Bonchev–Trinajstić information content (AvgIpc) is 2.47. The Labute approximate surface area is 137 Å². The van der Waals surface area contributed by atoms with Crippen LogP contribution in [0.15, 0.2) is 64.0 Å². The highest BCUT2D eigenvalue weighted by molar-refractivity contribution is 9.10. The van der Waals surface area contributed by atoms with Crippen LogP contribution in [0, 0.1) is 0 Å². The Balaban J connectivity index is 2.30. The fraction of sp³-hybridized carbons (Fsp3) is 0.133. The summed E-state index contributed by atoms with van der Waals surface area (Å²) in [6, 6.07) is 13.7. The number of halogens is 1. The van der Waals surface area contributed by atoms with Crippen molar-refractivity contribution in [3.05, 3.63) is 64.6 Å². The van der Waals surface area contributed by atoms with Gasteiger partial charge in [-0.1, -0.05) is 46.3 Å². The summed E-state index contributed by atoms with van der Waals surface area (Å²) in [5.41, 5.74) is 0.562. The van der Waals surface area contributed by atoms with Crippen LogP contribution in [0.4, 0.5) is 0 Å². The number of carbonyl (C=O) groups is 1. The van der Waals surface area contributed by atoms with Gasteiger partial charge in [-0.2, -0.15) is 0 Å². The molecule has 116 valence electrons. The Morgan fingerprint density at radius 1 is 1.09 bits per heavy atom. The van der Waals surface area contributed by atoms with Crippen LogP contribution in [-0.2, 0) is 14.8 Å². The molecule has 0 bridgehead atoms. The fourth-order valence-corrected chi connectivity index (χ4v) is 3.44. The second-order valence-corrected chi connectivity index (χ2v) is 7.24. The summed E-state index contributed by atoms with van der Waals surface area (Å²) in [7, 11) is -3.83. The van der Waals surface area contributed by atoms with Crippen LogP contribution >= 0.6 is 15.9 Å². The molecule has 0 radical (unpaired) electrons. The van der Waals surface area contributed by atoms with Crippen molar-refractivity contribution < 1.29 is 18.3 Å². The van der Waals surface area contributed by atoms with E-state index < -0.39 is 28.5 Å². The minimum absolute atomic E-state index is 0.0648. The largest absolute Gasteiger partial charge is 0.550 e. The van der Waals surface area contributed by atoms with Crippen LogP contribution in [0.25, 0.3) is 0 Å². The van der Waals surface area contributed by atoms with Crippen molar-refractivity contribution in [3.63, 3.8) is 0 Å². The zero-order valence-electron chi connectivity index (χ0n) is 11.4. The topological polar surface area (TPSA) is 86.3 Å². The maximum absolute atomic E-state index is 12.4. The lowest BCUT2D eigenvalue weighted by Crippen LogP contribution is -2.34. The zero-order valence-corrected chi connectivity index (χ0v) is 13.8. The van der Waals surface area contributed by atoms with E-state index >= 15 is 0 Å². The second-order valence-electron chi connectivity index (χ2n) is 4.61. The van der Waals surface area contributed by atoms with Gasteiger partial charge in [0.15, 0.2) is 0 Å². The van der Waals surface area contributed by atoms with Crippen LogP contribution in [0.1, 0.15) is 18.0 Å². The third-order valence-electron chi connectivity index (χ3n) is 2.99. The molecule has 0 aliphatic carbocycles. The van der Waals surface area contributed by atoms with Crippen LogP contribution in [0.2, 0.25) is 0 Å². The number of carbonyl (C=O) groups excluding carboxylic acids is 1. The number of aliphatic carboxylic acids is 1. The molecule has 7 heteroatoms. The first-order chi connectivity index (χ1) is 10.4. The van der Waals surface area contributed by atoms with Crippen LogP contribution < -0.4 is 9.83 Å². The first kappa shape index (κ1) is 16.7. The van der Waals surface area contributed by atoms with Crippen molar-refractivity contribution in [3.8, 4) is 0 Å². The molecule has 22 heavy (non-hydrogen) atoms. The normalized spacial score (nSPS) is 12.8. The van der Waals surface area contributed by atoms with Gasteiger partial charge in [0.1, 0.15) is 0 Å². The number of nitrogens with one attached hydrogen (secondary N) is 1. The zero-order chi connectivity index (χ0) is 16.2. The van der Waals surface area contributed by atoms with Gasteiger partial charge in [-0.15, -0.1) is 0 Å². The number of carboxylic acids is 1. The molecule has 5 nitrogen and oxygen atoms in total. The smallest absolute Gasteiger partial charge is 0.241 e. The summed E-state index contributed by atoms with van der Waals surface area (Å²) >= 11 is 3.23. The van der Waals surface area contributed by atoms with Gasteiger partial charge in [0, 0.05) is 16.9 Å². The third kappa shape index (κ3) is 4.40. The molecule has 0 amide bonds. The van der Waals surface area contributed by atoms with E-state index in [-0.39, 0.29) is 4.90 Å². The Hall–Kier alpha value is -1.70. The van der Waals surface area contributed by atoms with Gasteiger partial charge in [0.05, 0.1) is 10.9 Å². The van der Waals surface area contributed by atoms with Gasteiger partial charge >= 0.3 is 0 Å². The summed E-state index contributed by atoms with van der Waals surface area (Å²) in [5, 5.41) is 10.9. The van der Waals surface area contributed by atoms with Crippen molar-refractivity contribution in [1.82, 2.24) is 4.72 Å². The average molecular weight is 383 g/mol. The molecule has 2 rings (SSSR count). The molecule has 1 N–H and O–H groups in total. The molecule has 0 aliphatic rings. The van der Waals surface area contributed by atoms with E-state index in [2.05, 4.69) is 20.7 Å². The molecule has 0 saturated heterocycles. The first-order valence-electron chi connectivity index (χ1n) is 6.41. The van der Waals surface area contributed by atoms with Crippen LogP contribution in [-0.4, -0.2) is 14.4 Å². The van der Waals surface area contributed by atoms with E-state index in [1.165, 1.54) is 12.1 Å². The predicted octanol–water partition coefficient (Wildman–Crippen LogP) is 1.61. The van der Waals surface area contributed by atoms with Crippen LogP contribution in [0.3, 0.4) is 0 Å². The molecule has 1 atom stereocenters. The van der Waals surface area contributed by atoms with E-state index in [1.807, 2.05) is 0 Å². The molecule has 0 fully saturated rings. The van der Waals surface area contributed by atoms with Gasteiger partial charge in [-0.25, -0.2) is 13.1 Å². The molecule has 2 aromatic carbocycles. The molecule has 0 aliphatic heterocycles. The molecule has 0 heterocycles. The van der Waals surface area contributed by atoms with E-state index in [0.717, 1.165) is 4.47 Å². The molecule has 0 spiro atoms. The summed E-state index contributed by atoms with van der Waals surface area (Å²) in [4.78, 5) is 11.0.